The summed E-state index contributed by atoms with van der Waals surface area (Å²) in [6.07, 6.45) is -0.800. The lowest BCUT2D eigenvalue weighted by Gasteiger charge is -2.22. The second-order valence-electron chi connectivity index (χ2n) is 6.52. The highest BCUT2D eigenvalue weighted by Gasteiger charge is 2.20. The molecule has 2 atom stereocenters. The van der Waals surface area contributed by atoms with Gasteiger partial charge in [-0.25, -0.2) is 0 Å². The number of rotatable bonds is 3. The van der Waals surface area contributed by atoms with Gasteiger partial charge in [-0.1, -0.05) is 74.3 Å². The van der Waals surface area contributed by atoms with Crippen molar-refractivity contribution in [2.45, 2.75) is 38.3 Å². The molecule has 0 aromatic heterocycles. The van der Waals surface area contributed by atoms with E-state index in [9.17, 15) is 5.11 Å². The summed E-state index contributed by atoms with van der Waals surface area (Å²) in [5.41, 5.74) is 8.99. The summed E-state index contributed by atoms with van der Waals surface area (Å²) >= 11 is 11.9. The molecule has 2 rings (SSSR count). The van der Waals surface area contributed by atoms with Crippen molar-refractivity contribution in [3.05, 3.63) is 69.2 Å². The number of hydrogen-bond donors (Lipinski definition) is 2. The minimum absolute atomic E-state index is 0.0787. The van der Waals surface area contributed by atoms with Gasteiger partial charge < -0.3 is 10.8 Å². The standard InChI is InChI=1S/C18H21Cl2NO/c1-18(2,3)13-7-4-11(5-8-13)17(22)16(21)12-6-9-14(19)15(20)10-12/h4-10,16-17,22H,21H2,1-3H3/t16-,17+/m1/s1. The molecule has 0 aliphatic rings. The van der Waals surface area contributed by atoms with Crippen molar-refractivity contribution in [2.75, 3.05) is 0 Å². The molecular weight excluding hydrogens is 317 g/mol. The molecule has 0 aliphatic heterocycles. The molecule has 0 aliphatic carbocycles. The summed E-state index contributed by atoms with van der Waals surface area (Å²) in [5.74, 6) is 0. The Morgan fingerprint density at radius 3 is 1.95 bits per heavy atom. The number of benzene rings is 2. The molecule has 0 amide bonds. The topological polar surface area (TPSA) is 46.2 Å². The fourth-order valence-corrected chi connectivity index (χ4v) is 2.60. The molecule has 0 saturated carbocycles. The van der Waals surface area contributed by atoms with Crippen LogP contribution < -0.4 is 5.73 Å². The van der Waals surface area contributed by atoms with Crippen LogP contribution in [0.4, 0.5) is 0 Å². The third-order valence-corrected chi connectivity index (χ3v) is 4.53. The summed E-state index contributed by atoms with van der Waals surface area (Å²) in [6.45, 7) is 6.46. The molecule has 0 fully saturated rings. The van der Waals surface area contributed by atoms with Gasteiger partial charge in [-0.3, -0.25) is 0 Å². The Morgan fingerprint density at radius 2 is 1.45 bits per heavy atom. The summed E-state index contributed by atoms with van der Waals surface area (Å²) in [6, 6.07) is 12.5. The highest BCUT2D eigenvalue weighted by Crippen LogP contribution is 2.32. The molecular formula is C18H21Cl2NO. The molecule has 118 valence electrons. The lowest BCUT2D eigenvalue weighted by molar-refractivity contribution is 0.147. The number of aliphatic hydroxyl groups is 1. The quantitative estimate of drug-likeness (QED) is 0.825. The van der Waals surface area contributed by atoms with Gasteiger partial charge in [0.1, 0.15) is 0 Å². The van der Waals surface area contributed by atoms with Gasteiger partial charge >= 0.3 is 0 Å². The molecule has 0 unspecified atom stereocenters. The SMILES string of the molecule is CC(C)(C)c1ccc([C@H](O)[C@H](N)c2ccc(Cl)c(Cl)c2)cc1. The molecule has 2 aromatic carbocycles. The van der Waals surface area contributed by atoms with E-state index in [1.165, 1.54) is 5.56 Å². The maximum Gasteiger partial charge on any atom is 0.0982 e. The molecule has 0 heterocycles. The third-order valence-electron chi connectivity index (χ3n) is 3.79. The Hall–Kier alpha value is -1.06. The van der Waals surface area contributed by atoms with Crippen molar-refractivity contribution in [3.63, 3.8) is 0 Å². The van der Waals surface area contributed by atoms with Crippen LogP contribution in [0.25, 0.3) is 0 Å². The van der Waals surface area contributed by atoms with Crippen LogP contribution in [0, 0.1) is 0 Å². The van der Waals surface area contributed by atoms with Gasteiger partial charge in [0.15, 0.2) is 0 Å². The van der Waals surface area contributed by atoms with Crippen LogP contribution in [-0.2, 0) is 5.41 Å². The van der Waals surface area contributed by atoms with Crippen LogP contribution in [0.5, 0.6) is 0 Å². The van der Waals surface area contributed by atoms with Crippen molar-refractivity contribution in [1.29, 1.82) is 0 Å². The summed E-state index contributed by atoms with van der Waals surface area (Å²) < 4.78 is 0. The first-order valence-electron chi connectivity index (χ1n) is 7.19. The average Bonchev–Trinajstić information content (AvgIpc) is 2.48. The Balaban J connectivity index is 2.23. The second kappa shape index (κ2) is 6.59. The normalized spacial score (nSPS) is 14.7. The first kappa shape index (κ1) is 17.3. The van der Waals surface area contributed by atoms with Gasteiger partial charge in [-0.15, -0.1) is 0 Å². The van der Waals surface area contributed by atoms with Crippen LogP contribution in [0.3, 0.4) is 0 Å². The summed E-state index contributed by atoms with van der Waals surface area (Å²) in [7, 11) is 0. The fourth-order valence-electron chi connectivity index (χ4n) is 2.29. The number of hydrogen-bond acceptors (Lipinski definition) is 2. The zero-order valence-corrected chi connectivity index (χ0v) is 14.5. The molecule has 0 radical (unpaired) electrons. The van der Waals surface area contributed by atoms with Crippen LogP contribution in [-0.4, -0.2) is 5.11 Å². The monoisotopic (exact) mass is 337 g/mol. The maximum atomic E-state index is 10.5. The summed E-state index contributed by atoms with van der Waals surface area (Å²) in [5, 5.41) is 11.4. The average molecular weight is 338 g/mol. The van der Waals surface area contributed by atoms with E-state index in [1.54, 1.807) is 18.2 Å². The molecule has 2 aromatic rings. The Morgan fingerprint density at radius 1 is 0.909 bits per heavy atom. The third kappa shape index (κ3) is 3.82. The number of halogens is 2. The van der Waals surface area contributed by atoms with Crippen molar-refractivity contribution in [1.82, 2.24) is 0 Å². The zero-order valence-electron chi connectivity index (χ0n) is 13.0. The predicted octanol–water partition coefficient (Wildman–Crippen LogP) is 5.02. The van der Waals surface area contributed by atoms with E-state index in [0.29, 0.717) is 10.0 Å². The minimum atomic E-state index is -0.800. The van der Waals surface area contributed by atoms with Gasteiger partial charge in [-0.2, -0.15) is 0 Å². The van der Waals surface area contributed by atoms with E-state index in [-0.39, 0.29) is 5.41 Å². The second-order valence-corrected chi connectivity index (χ2v) is 7.33. The van der Waals surface area contributed by atoms with Gasteiger partial charge in [0, 0.05) is 0 Å². The van der Waals surface area contributed by atoms with E-state index in [1.807, 2.05) is 24.3 Å². The van der Waals surface area contributed by atoms with Gasteiger partial charge in [0.2, 0.25) is 0 Å². The Bertz CT molecular complexity index is 647. The number of aliphatic hydroxyl groups excluding tert-OH is 1. The van der Waals surface area contributed by atoms with E-state index in [4.69, 9.17) is 28.9 Å². The lowest BCUT2D eigenvalue weighted by atomic mass is 9.86. The molecule has 0 saturated heterocycles. The van der Waals surface area contributed by atoms with Crippen molar-refractivity contribution in [2.24, 2.45) is 5.73 Å². The first-order valence-corrected chi connectivity index (χ1v) is 7.95. The largest absolute Gasteiger partial charge is 0.386 e. The lowest BCUT2D eigenvalue weighted by Crippen LogP contribution is -2.20. The van der Waals surface area contributed by atoms with Crippen LogP contribution in [0.1, 0.15) is 49.6 Å². The van der Waals surface area contributed by atoms with Gasteiger partial charge in [0.25, 0.3) is 0 Å². The maximum absolute atomic E-state index is 10.5. The van der Waals surface area contributed by atoms with Crippen molar-refractivity contribution < 1.29 is 5.11 Å². The van der Waals surface area contributed by atoms with E-state index < -0.39 is 12.1 Å². The zero-order chi connectivity index (χ0) is 16.5. The predicted molar refractivity (Wildman–Crippen MR) is 93.5 cm³/mol. The van der Waals surface area contributed by atoms with Crippen LogP contribution >= 0.6 is 23.2 Å². The first-order chi connectivity index (χ1) is 10.2. The van der Waals surface area contributed by atoms with E-state index >= 15 is 0 Å². The fraction of sp³-hybridized carbons (Fsp3) is 0.333. The molecule has 22 heavy (non-hydrogen) atoms. The van der Waals surface area contributed by atoms with E-state index in [0.717, 1.165) is 11.1 Å². The summed E-state index contributed by atoms with van der Waals surface area (Å²) in [4.78, 5) is 0. The highest BCUT2D eigenvalue weighted by molar-refractivity contribution is 6.42. The van der Waals surface area contributed by atoms with Crippen molar-refractivity contribution >= 4 is 23.2 Å². The molecule has 4 heteroatoms. The van der Waals surface area contributed by atoms with Gasteiger partial charge in [0.05, 0.1) is 22.2 Å². The minimum Gasteiger partial charge on any atom is -0.386 e. The van der Waals surface area contributed by atoms with E-state index in [2.05, 4.69) is 20.8 Å². The van der Waals surface area contributed by atoms with Crippen LogP contribution in [0.2, 0.25) is 10.0 Å². The Kier molecular flexibility index (Phi) is 5.18. The van der Waals surface area contributed by atoms with Crippen molar-refractivity contribution in [3.8, 4) is 0 Å². The highest BCUT2D eigenvalue weighted by atomic mass is 35.5. The smallest absolute Gasteiger partial charge is 0.0982 e. The molecule has 0 spiro atoms. The Labute approximate surface area is 141 Å². The molecule has 0 bridgehead atoms. The molecule has 2 nitrogen and oxygen atoms in total. The van der Waals surface area contributed by atoms with Gasteiger partial charge in [-0.05, 0) is 34.2 Å². The van der Waals surface area contributed by atoms with Crippen LogP contribution in [0.15, 0.2) is 42.5 Å². The molecule has 3 N–H and O–H groups in total. The number of nitrogens with two attached hydrogens (primary N) is 1.